The monoisotopic (exact) mass is 237 g/mol. The fourth-order valence-corrected chi connectivity index (χ4v) is 1.55. The molecule has 0 unspecified atom stereocenters. The van der Waals surface area contributed by atoms with Crippen LogP contribution in [0.3, 0.4) is 0 Å². The molecule has 1 aromatic rings. The van der Waals surface area contributed by atoms with Crippen molar-refractivity contribution in [1.29, 1.82) is 0 Å². The Labute approximate surface area is 102 Å². The molecule has 0 saturated carbocycles. The van der Waals surface area contributed by atoms with E-state index < -0.39 is 6.10 Å². The number of aryl methyl sites for hydroxylation is 2. The Morgan fingerprint density at radius 3 is 2.71 bits per heavy atom. The smallest absolute Gasteiger partial charge is 0.338 e. The molecule has 7 N–H and O–H groups in total. The minimum absolute atomic E-state index is 0.121. The SMILES string of the molecule is Cc1ccc(NC[C@@H](O)C[NH+]=C(N)N)c(C)c1. The Morgan fingerprint density at radius 1 is 1.41 bits per heavy atom. The molecule has 5 heteroatoms. The van der Waals surface area contributed by atoms with Crippen molar-refractivity contribution < 1.29 is 10.1 Å². The van der Waals surface area contributed by atoms with Gasteiger partial charge in [-0.1, -0.05) is 17.7 Å². The van der Waals surface area contributed by atoms with Gasteiger partial charge in [0.1, 0.15) is 6.10 Å². The third-order valence-electron chi connectivity index (χ3n) is 2.45. The molecule has 0 amide bonds. The minimum Gasteiger partial charge on any atom is -0.388 e. The van der Waals surface area contributed by atoms with Crippen molar-refractivity contribution in [2.45, 2.75) is 20.0 Å². The largest absolute Gasteiger partial charge is 0.388 e. The number of nitrogens with one attached hydrogen (secondary N) is 2. The lowest BCUT2D eigenvalue weighted by Gasteiger charge is -2.12. The van der Waals surface area contributed by atoms with Gasteiger partial charge >= 0.3 is 5.96 Å². The molecular formula is C12H21N4O+. The first kappa shape index (κ1) is 13.3. The molecule has 0 radical (unpaired) electrons. The zero-order valence-corrected chi connectivity index (χ0v) is 10.3. The Balaban J connectivity index is 2.47. The number of guanidine groups is 1. The van der Waals surface area contributed by atoms with E-state index >= 15 is 0 Å². The van der Waals surface area contributed by atoms with Gasteiger partial charge < -0.3 is 10.4 Å². The molecule has 0 fully saturated rings. The topological polar surface area (TPSA) is 98.3 Å². The normalized spacial score (nSPS) is 11.9. The van der Waals surface area contributed by atoms with E-state index in [-0.39, 0.29) is 5.96 Å². The highest BCUT2D eigenvalue weighted by atomic mass is 16.3. The third kappa shape index (κ3) is 4.74. The van der Waals surface area contributed by atoms with E-state index in [4.69, 9.17) is 11.5 Å². The van der Waals surface area contributed by atoms with E-state index in [0.29, 0.717) is 13.1 Å². The van der Waals surface area contributed by atoms with Crippen molar-refractivity contribution in [2.75, 3.05) is 18.4 Å². The molecule has 1 atom stereocenters. The van der Waals surface area contributed by atoms with Crippen LogP contribution >= 0.6 is 0 Å². The van der Waals surface area contributed by atoms with Crippen LogP contribution in [0, 0.1) is 13.8 Å². The zero-order valence-electron chi connectivity index (χ0n) is 10.3. The van der Waals surface area contributed by atoms with Gasteiger partial charge in [-0.3, -0.25) is 16.5 Å². The van der Waals surface area contributed by atoms with Gasteiger partial charge in [-0.2, -0.15) is 0 Å². The van der Waals surface area contributed by atoms with E-state index in [1.54, 1.807) is 0 Å². The number of nitrogens with two attached hydrogens (primary N) is 2. The summed E-state index contributed by atoms with van der Waals surface area (Å²) in [6, 6.07) is 6.14. The summed E-state index contributed by atoms with van der Waals surface area (Å²) < 4.78 is 0. The number of anilines is 1. The van der Waals surface area contributed by atoms with Gasteiger partial charge in [0, 0.05) is 12.2 Å². The molecule has 0 aliphatic carbocycles. The third-order valence-corrected chi connectivity index (χ3v) is 2.45. The first-order valence-electron chi connectivity index (χ1n) is 5.60. The molecule has 94 valence electrons. The van der Waals surface area contributed by atoms with Crippen LogP contribution in [0.4, 0.5) is 5.69 Å². The van der Waals surface area contributed by atoms with Crippen LogP contribution in [-0.2, 0) is 0 Å². The fraction of sp³-hybridized carbons (Fsp3) is 0.417. The highest BCUT2D eigenvalue weighted by molar-refractivity contribution is 5.69. The average molecular weight is 237 g/mol. The van der Waals surface area contributed by atoms with Gasteiger partial charge in [0.2, 0.25) is 0 Å². The first-order valence-corrected chi connectivity index (χ1v) is 5.60. The average Bonchev–Trinajstić information content (AvgIpc) is 2.25. The van der Waals surface area contributed by atoms with Gasteiger partial charge in [-0.05, 0) is 25.5 Å². The van der Waals surface area contributed by atoms with Gasteiger partial charge in [-0.25, -0.2) is 0 Å². The maximum atomic E-state index is 9.66. The Morgan fingerprint density at radius 2 is 2.12 bits per heavy atom. The van der Waals surface area contributed by atoms with Crippen LogP contribution < -0.4 is 21.8 Å². The minimum atomic E-state index is -0.544. The highest BCUT2D eigenvalue weighted by Crippen LogP contribution is 2.15. The van der Waals surface area contributed by atoms with Crippen LogP contribution in [0.15, 0.2) is 18.2 Å². The maximum absolute atomic E-state index is 9.66. The summed E-state index contributed by atoms with van der Waals surface area (Å²) in [6.07, 6.45) is -0.544. The summed E-state index contributed by atoms with van der Waals surface area (Å²) in [5.41, 5.74) is 13.9. The molecule has 0 bridgehead atoms. The number of aliphatic hydroxyl groups is 1. The van der Waals surface area contributed by atoms with Crippen molar-refractivity contribution >= 4 is 11.6 Å². The van der Waals surface area contributed by atoms with Crippen LogP contribution in [0.5, 0.6) is 0 Å². The lowest BCUT2D eigenvalue weighted by molar-refractivity contribution is -0.470. The van der Waals surface area contributed by atoms with Crippen LogP contribution in [0.25, 0.3) is 0 Å². The summed E-state index contributed by atoms with van der Waals surface area (Å²) in [5, 5.41) is 12.8. The molecule has 5 nitrogen and oxygen atoms in total. The highest BCUT2D eigenvalue weighted by Gasteiger charge is 2.05. The van der Waals surface area contributed by atoms with Crippen LogP contribution in [0.2, 0.25) is 0 Å². The van der Waals surface area contributed by atoms with Crippen molar-refractivity contribution in [3.63, 3.8) is 0 Å². The van der Waals surface area contributed by atoms with E-state index in [1.165, 1.54) is 5.56 Å². The lowest BCUT2D eigenvalue weighted by Crippen LogP contribution is -2.80. The van der Waals surface area contributed by atoms with E-state index in [0.717, 1.165) is 11.3 Å². The zero-order chi connectivity index (χ0) is 12.8. The number of rotatable bonds is 5. The maximum Gasteiger partial charge on any atom is 0.338 e. The summed E-state index contributed by atoms with van der Waals surface area (Å²) in [7, 11) is 0. The summed E-state index contributed by atoms with van der Waals surface area (Å²) >= 11 is 0. The van der Waals surface area contributed by atoms with Gasteiger partial charge in [-0.15, -0.1) is 0 Å². The molecule has 1 aromatic carbocycles. The molecular weight excluding hydrogens is 216 g/mol. The summed E-state index contributed by atoms with van der Waals surface area (Å²) in [4.78, 5) is 2.69. The second-order valence-electron chi connectivity index (χ2n) is 4.19. The predicted molar refractivity (Wildman–Crippen MR) is 69.6 cm³/mol. The quantitative estimate of drug-likeness (QED) is 0.316. The van der Waals surface area contributed by atoms with Crippen molar-refractivity contribution in [2.24, 2.45) is 11.5 Å². The molecule has 0 aliphatic heterocycles. The molecule has 0 spiro atoms. The molecule has 1 rings (SSSR count). The molecule has 0 aliphatic rings. The Kier molecular flexibility index (Phi) is 4.78. The van der Waals surface area contributed by atoms with E-state index in [2.05, 4.69) is 23.3 Å². The molecule has 0 aromatic heterocycles. The van der Waals surface area contributed by atoms with E-state index in [1.807, 2.05) is 19.1 Å². The van der Waals surface area contributed by atoms with Crippen molar-refractivity contribution in [3.8, 4) is 0 Å². The number of benzene rings is 1. The second kappa shape index (κ2) is 6.10. The van der Waals surface area contributed by atoms with Crippen LogP contribution in [-0.4, -0.2) is 30.3 Å². The number of aliphatic hydroxyl groups excluding tert-OH is 1. The van der Waals surface area contributed by atoms with E-state index in [9.17, 15) is 5.11 Å². The van der Waals surface area contributed by atoms with Gasteiger partial charge in [0.15, 0.2) is 0 Å². The standard InChI is InChI=1S/C12H20N4O/c1-8-3-4-11(9(2)5-8)15-6-10(17)7-16-12(13)14/h3-5,10,15,17H,6-7H2,1-2H3,(H4,13,14,16)/p+1/t10-/m1/s1. The number of hydrogen-bond donors (Lipinski definition) is 5. The predicted octanol–water partition coefficient (Wildman–Crippen LogP) is -1.57. The lowest BCUT2D eigenvalue weighted by atomic mass is 10.1. The molecule has 0 heterocycles. The number of hydrogen-bond acceptors (Lipinski definition) is 2. The summed E-state index contributed by atoms with van der Waals surface area (Å²) in [6.45, 7) is 4.87. The molecule has 17 heavy (non-hydrogen) atoms. The molecule has 0 saturated heterocycles. The van der Waals surface area contributed by atoms with Crippen molar-refractivity contribution in [3.05, 3.63) is 29.3 Å². The second-order valence-corrected chi connectivity index (χ2v) is 4.19. The summed E-state index contributed by atoms with van der Waals surface area (Å²) in [5.74, 6) is 0.121. The van der Waals surface area contributed by atoms with Gasteiger partial charge in [0.25, 0.3) is 0 Å². The fourth-order valence-electron chi connectivity index (χ4n) is 1.55. The van der Waals surface area contributed by atoms with Crippen molar-refractivity contribution in [1.82, 2.24) is 0 Å². The van der Waals surface area contributed by atoms with Crippen LogP contribution in [0.1, 0.15) is 11.1 Å². The van der Waals surface area contributed by atoms with Gasteiger partial charge in [0.05, 0.1) is 6.54 Å². The Bertz CT molecular complexity index is 399. The Hall–Kier alpha value is -1.75. The first-order chi connectivity index (χ1) is 7.99.